The molecule has 2 aliphatic rings. The van der Waals surface area contributed by atoms with Crippen LogP contribution >= 0.6 is 23.2 Å². The molecule has 0 bridgehead atoms. The summed E-state index contributed by atoms with van der Waals surface area (Å²) in [5.41, 5.74) is 1.06. The van der Waals surface area contributed by atoms with Crippen LogP contribution in [0.3, 0.4) is 0 Å². The summed E-state index contributed by atoms with van der Waals surface area (Å²) in [7, 11) is 0. The van der Waals surface area contributed by atoms with E-state index in [-0.39, 0.29) is 6.42 Å². The first-order valence-corrected chi connectivity index (χ1v) is 10.2. The minimum Gasteiger partial charge on any atom is -0.456 e. The van der Waals surface area contributed by atoms with Crippen molar-refractivity contribution in [2.24, 2.45) is 11.8 Å². The summed E-state index contributed by atoms with van der Waals surface area (Å²) >= 11 is 12.4. The van der Waals surface area contributed by atoms with Crippen LogP contribution in [0.5, 0.6) is 11.5 Å². The molecule has 2 N–H and O–H groups in total. The van der Waals surface area contributed by atoms with Crippen molar-refractivity contribution in [1.29, 1.82) is 0 Å². The molecule has 0 aromatic heterocycles. The van der Waals surface area contributed by atoms with E-state index in [1.165, 1.54) is 6.92 Å². The minimum absolute atomic E-state index is 0.335. The summed E-state index contributed by atoms with van der Waals surface area (Å²) in [5, 5.41) is 5.47. The number of benzene rings is 2. The van der Waals surface area contributed by atoms with Crippen molar-refractivity contribution in [2.45, 2.75) is 31.6 Å². The molecule has 2 heterocycles. The third-order valence-corrected chi connectivity index (χ3v) is 6.11. The normalized spacial score (nSPS) is 25.0. The van der Waals surface area contributed by atoms with Crippen LogP contribution in [-0.2, 0) is 9.59 Å². The predicted molar refractivity (Wildman–Crippen MR) is 108 cm³/mol. The van der Waals surface area contributed by atoms with Crippen molar-refractivity contribution in [1.82, 2.24) is 10.6 Å². The van der Waals surface area contributed by atoms with Gasteiger partial charge in [-0.25, -0.2) is 0 Å². The van der Waals surface area contributed by atoms with Crippen molar-refractivity contribution in [3.05, 3.63) is 57.6 Å². The van der Waals surface area contributed by atoms with Gasteiger partial charge in [-0.2, -0.15) is 13.2 Å². The van der Waals surface area contributed by atoms with Crippen LogP contribution < -0.4 is 15.4 Å². The number of halogens is 5. The highest BCUT2D eigenvalue weighted by Gasteiger charge is 2.49. The van der Waals surface area contributed by atoms with Gasteiger partial charge in [0.15, 0.2) is 0 Å². The molecule has 4 unspecified atom stereocenters. The highest BCUT2D eigenvalue weighted by atomic mass is 35.5. The molecule has 4 atom stereocenters. The zero-order valence-electron chi connectivity index (χ0n) is 16.1. The van der Waals surface area contributed by atoms with Gasteiger partial charge in [0.1, 0.15) is 23.5 Å². The van der Waals surface area contributed by atoms with Crippen molar-refractivity contribution in [3.8, 4) is 11.5 Å². The molecule has 0 radical (unpaired) electrons. The average Bonchev–Trinajstić information content (AvgIpc) is 2.66. The van der Waals surface area contributed by atoms with Crippen LogP contribution in [0.15, 0.2) is 36.4 Å². The molecule has 5 nitrogen and oxygen atoms in total. The maximum atomic E-state index is 13.1. The number of carbonyl (C=O) groups is 2. The number of carbonyl (C=O) groups excluding carboxylic acids is 2. The second-order valence-electron chi connectivity index (χ2n) is 7.67. The van der Waals surface area contributed by atoms with E-state index in [0.29, 0.717) is 32.7 Å². The van der Waals surface area contributed by atoms with E-state index in [2.05, 4.69) is 5.32 Å². The molecule has 4 rings (SSSR count). The van der Waals surface area contributed by atoms with E-state index in [0.717, 1.165) is 0 Å². The molecule has 164 valence electrons. The Kier molecular flexibility index (Phi) is 5.55. The standard InChI is InChI=1S/C21H17Cl2F3N2O3/c1-9-7-15(21(24,25)26)27-19(29)16(9)20(30)28-18-11-6-5-10(22)8-14(11)31-13-4-2-3-12(23)17(13)18/h2-6,8-9,15-16,18H,7H2,1H3,(H,27,29)(H,28,30). The Labute approximate surface area is 185 Å². The third kappa shape index (κ3) is 4.06. The molecule has 31 heavy (non-hydrogen) atoms. The van der Waals surface area contributed by atoms with E-state index >= 15 is 0 Å². The Morgan fingerprint density at radius 1 is 1.19 bits per heavy atom. The van der Waals surface area contributed by atoms with Crippen LogP contribution in [0, 0.1) is 11.8 Å². The van der Waals surface area contributed by atoms with Gasteiger partial charge in [-0.05, 0) is 36.6 Å². The lowest BCUT2D eigenvalue weighted by atomic mass is 9.82. The van der Waals surface area contributed by atoms with E-state index in [9.17, 15) is 22.8 Å². The minimum atomic E-state index is -4.57. The monoisotopic (exact) mass is 472 g/mol. The number of amides is 2. The SMILES string of the molecule is CC1CC(C(F)(F)F)NC(=O)C1C(=O)NC1c2ccc(Cl)cc2Oc2cccc(Cl)c21. The van der Waals surface area contributed by atoms with Crippen LogP contribution in [0.2, 0.25) is 10.0 Å². The van der Waals surface area contributed by atoms with E-state index in [4.69, 9.17) is 27.9 Å². The van der Waals surface area contributed by atoms with E-state index in [1.54, 1.807) is 36.4 Å². The number of ether oxygens (including phenoxy) is 1. The Hall–Kier alpha value is -2.45. The van der Waals surface area contributed by atoms with Gasteiger partial charge in [-0.15, -0.1) is 0 Å². The van der Waals surface area contributed by atoms with Gasteiger partial charge in [0.25, 0.3) is 0 Å². The fourth-order valence-corrected chi connectivity index (χ4v) is 4.49. The third-order valence-electron chi connectivity index (χ3n) is 5.55. The molecule has 0 saturated carbocycles. The van der Waals surface area contributed by atoms with Gasteiger partial charge >= 0.3 is 6.18 Å². The Morgan fingerprint density at radius 3 is 2.61 bits per heavy atom. The number of rotatable bonds is 2. The summed E-state index contributed by atoms with van der Waals surface area (Å²) < 4.78 is 45.0. The number of nitrogens with one attached hydrogen (secondary N) is 2. The van der Waals surface area contributed by atoms with Gasteiger partial charge in [-0.1, -0.05) is 42.3 Å². The molecule has 0 spiro atoms. The summed E-state index contributed by atoms with van der Waals surface area (Å²) in [4.78, 5) is 25.5. The average molecular weight is 473 g/mol. The molecule has 10 heteroatoms. The van der Waals surface area contributed by atoms with Gasteiger partial charge in [-0.3, -0.25) is 9.59 Å². The van der Waals surface area contributed by atoms with Crippen LogP contribution in [0.4, 0.5) is 13.2 Å². The topological polar surface area (TPSA) is 67.4 Å². The molecule has 2 aliphatic heterocycles. The van der Waals surface area contributed by atoms with Crippen LogP contribution in [0.25, 0.3) is 0 Å². The number of hydrogen-bond acceptors (Lipinski definition) is 3. The summed E-state index contributed by atoms with van der Waals surface area (Å²) in [6.45, 7) is 1.46. The lowest BCUT2D eigenvalue weighted by Crippen LogP contribution is -2.57. The van der Waals surface area contributed by atoms with Crippen LogP contribution in [-0.4, -0.2) is 24.0 Å². The predicted octanol–water partition coefficient (Wildman–Crippen LogP) is 5.01. The molecule has 2 aromatic rings. The molecule has 1 saturated heterocycles. The lowest BCUT2D eigenvalue weighted by molar-refractivity contribution is -0.175. The van der Waals surface area contributed by atoms with Gasteiger partial charge in [0, 0.05) is 21.2 Å². The lowest BCUT2D eigenvalue weighted by Gasteiger charge is -2.36. The number of fused-ring (bicyclic) bond motifs is 2. The smallest absolute Gasteiger partial charge is 0.408 e. The molecular weight excluding hydrogens is 456 g/mol. The first kappa shape index (κ1) is 21.8. The fourth-order valence-electron chi connectivity index (χ4n) is 4.06. The zero-order chi connectivity index (χ0) is 22.5. The van der Waals surface area contributed by atoms with E-state index < -0.39 is 41.9 Å². The van der Waals surface area contributed by atoms with E-state index in [1.807, 2.05) is 5.32 Å². The molecule has 2 amide bonds. The van der Waals surface area contributed by atoms with Crippen molar-refractivity contribution in [2.75, 3.05) is 0 Å². The van der Waals surface area contributed by atoms with Crippen molar-refractivity contribution >= 4 is 35.0 Å². The first-order valence-electron chi connectivity index (χ1n) is 9.49. The maximum absolute atomic E-state index is 13.1. The Morgan fingerprint density at radius 2 is 1.94 bits per heavy atom. The number of hydrogen-bond donors (Lipinski definition) is 2. The van der Waals surface area contributed by atoms with Crippen LogP contribution in [0.1, 0.15) is 30.5 Å². The zero-order valence-corrected chi connectivity index (χ0v) is 17.6. The molecular formula is C21H17Cl2F3N2O3. The molecule has 0 aliphatic carbocycles. The van der Waals surface area contributed by atoms with Gasteiger partial charge in [0.05, 0.1) is 6.04 Å². The number of piperidine rings is 1. The van der Waals surface area contributed by atoms with Gasteiger partial charge < -0.3 is 15.4 Å². The summed E-state index contributed by atoms with van der Waals surface area (Å²) in [6.07, 6.45) is -4.96. The maximum Gasteiger partial charge on any atom is 0.408 e. The Balaban J connectivity index is 1.65. The fraction of sp³-hybridized carbons (Fsp3) is 0.333. The Bertz CT molecular complexity index is 1060. The highest BCUT2D eigenvalue weighted by molar-refractivity contribution is 6.32. The second-order valence-corrected chi connectivity index (χ2v) is 8.51. The van der Waals surface area contributed by atoms with Gasteiger partial charge in [0.2, 0.25) is 11.8 Å². The summed E-state index contributed by atoms with van der Waals surface area (Å²) in [6, 6.07) is 7.13. The highest BCUT2D eigenvalue weighted by Crippen LogP contribution is 2.46. The quantitative estimate of drug-likeness (QED) is 0.603. The molecule has 2 aromatic carbocycles. The second kappa shape index (κ2) is 7.91. The van der Waals surface area contributed by atoms with Crippen molar-refractivity contribution in [3.63, 3.8) is 0 Å². The number of alkyl halides is 3. The summed E-state index contributed by atoms with van der Waals surface area (Å²) in [5.74, 6) is -2.92. The molecule has 1 fully saturated rings. The first-order chi connectivity index (χ1) is 14.6. The van der Waals surface area contributed by atoms with Crippen molar-refractivity contribution < 1.29 is 27.5 Å². The largest absolute Gasteiger partial charge is 0.456 e.